The molecule has 15 atom stereocenters. The zero-order valence-electron chi connectivity index (χ0n) is 46.8. The SMILES string of the molecule is CO[C@H]1C[C@@H]2CC[C@@H](C)[C@@](O)(O2)C(=O)C(=O)N2CCCC[C@H]2C(=O)O[C@H]([C@H](C)C[C@@H]2CC[C@@H](OC(=O)C[n+]3ccc(C)cc3)[C@H](OC)C2)CC(=O)[C@H](C)/C=C(\C)[C@@H](O)[C@@H](OC)C(=O)[C@H](C)C[C@H](C)/C=C/C=C/C=C/1C.[Br-]. The van der Waals surface area contributed by atoms with Crippen LogP contribution < -0.4 is 21.5 Å². The van der Waals surface area contributed by atoms with E-state index in [2.05, 4.69) is 0 Å². The number of rotatable bonds is 9. The van der Waals surface area contributed by atoms with Crippen molar-refractivity contribution in [2.24, 2.45) is 35.5 Å². The molecule has 1 saturated carbocycles. The smallest absolute Gasteiger partial charge is 0.373 e. The molecule has 16 nitrogen and oxygen atoms in total. The Kier molecular flexibility index (Phi) is 25.6. The molecule has 1 aromatic rings. The molecule has 17 heteroatoms. The molecule has 424 valence electrons. The number of hydrogen-bond acceptors (Lipinski definition) is 14. The molecule has 4 heterocycles. The molecule has 1 amide bonds. The van der Waals surface area contributed by atoms with Crippen molar-refractivity contribution in [2.75, 3.05) is 27.9 Å². The number of aromatic nitrogens is 1. The fourth-order valence-electron chi connectivity index (χ4n) is 11.2. The normalized spacial score (nSPS) is 36.0. The Morgan fingerprint density at radius 3 is 2.24 bits per heavy atom. The van der Waals surface area contributed by atoms with Gasteiger partial charge in [0.15, 0.2) is 18.2 Å². The van der Waals surface area contributed by atoms with Crippen LogP contribution in [0.25, 0.3) is 0 Å². The van der Waals surface area contributed by atoms with Gasteiger partial charge in [0.1, 0.15) is 36.2 Å². The number of ether oxygens (including phenoxy) is 6. The van der Waals surface area contributed by atoms with Crippen molar-refractivity contribution < 1.29 is 89.0 Å². The van der Waals surface area contributed by atoms with Gasteiger partial charge in [0, 0.05) is 70.6 Å². The zero-order valence-corrected chi connectivity index (χ0v) is 48.4. The number of carbonyl (C=O) groups excluding carboxylic acids is 6. The Morgan fingerprint density at radius 2 is 1.57 bits per heavy atom. The molecule has 0 radical (unpaired) electrons. The Hall–Kier alpha value is -4.23. The second kappa shape index (κ2) is 30.2. The van der Waals surface area contributed by atoms with Crippen molar-refractivity contribution in [3.63, 3.8) is 0 Å². The van der Waals surface area contributed by atoms with E-state index in [0.717, 1.165) is 11.1 Å². The monoisotopic (exact) mass is 1130 g/mol. The Labute approximate surface area is 461 Å². The van der Waals surface area contributed by atoms with Crippen LogP contribution in [0.5, 0.6) is 0 Å². The summed E-state index contributed by atoms with van der Waals surface area (Å²) in [6, 6.07) is 2.66. The lowest BCUT2D eigenvalue weighted by molar-refractivity contribution is -0.686. The van der Waals surface area contributed by atoms with Crippen LogP contribution in [0.4, 0.5) is 0 Å². The van der Waals surface area contributed by atoms with Crippen molar-refractivity contribution >= 4 is 35.2 Å². The summed E-state index contributed by atoms with van der Waals surface area (Å²) >= 11 is 0. The van der Waals surface area contributed by atoms with Crippen LogP contribution >= 0.6 is 0 Å². The number of pyridine rings is 1. The lowest BCUT2D eigenvalue weighted by atomic mass is 9.78. The molecule has 4 aliphatic rings. The quantitative estimate of drug-likeness (QED) is 0.155. The van der Waals surface area contributed by atoms with Gasteiger partial charge in [-0.15, -0.1) is 0 Å². The number of hydrogen-bond donors (Lipinski definition) is 2. The molecule has 1 aromatic heterocycles. The molecule has 76 heavy (non-hydrogen) atoms. The van der Waals surface area contributed by atoms with Gasteiger partial charge in [-0.1, -0.05) is 71.1 Å². The van der Waals surface area contributed by atoms with E-state index in [4.69, 9.17) is 28.4 Å². The maximum Gasteiger partial charge on any atom is 0.373 e. The largest absolute Gasteiger partial charge is 1.00 e. The number of Topliss-reactive ketones (excluding diaryl/α,β-unsaturated/α-hetero) is 3. The van der Waals surface area contributed by atoms with Crippen molar-refractivity contribution in [2.45, 2.75) is 194 Å². The predicted octanol–water partition coefficient (Wildman–Crippen LogP) is 4.03. The number of aliphatic hydroxyl groups excluding tert-OH is 1. The summed E-state index contributed by atoms with van der Waals surface area (Å²) in [6.45, 7) is 14.7. The molecular formula is C59H87BrN2O14. The number of carbonyl (C=O) groups is 6. The second-order valence-corrected chi connectivity index (χ2v) is 22.1. The number of fused-ring (bicyclic) bond motifs is 3. The third kappa shape index (κ3) is 17.4. The third-order valence-corrected chi connectivity index (χ3v) is 16.1. The first-order valence-electron chi connectivity index (χ1n) is 27.2. The summed E-state index contributed by atoms with van der Waals surface area (Å²) < 4.78 is 37.6. The molecule has 3 aliphatic heterocycles. The molecule has 5 rings (SSSR count). The van der Waals surface area contributed by atoms with Crippen LogP contribution in [-0.4, -0.2) is 133 Å². The highest BCUT2D eigenvalue weighted by Crippen LogP contribution is 2.38. The van der Waals surface area contributed by atoms with E-state index in [0.29, 0.717) is 69.8 Å². The van der Waals surface area contributed by atoms with E-state index in [-0.39, 0.29) is 72.3 Å². The van der Waals surface area contributed by atoms with Crippen LogP contribution in [0, 0.1) is 42.4 Å². The number of methoxy groups -OCH3 is 3. The first-order chi connectivity index (χ1) is 35.6. The van der Waals surface area contributed by atoms with Gasteiger partial charge in [0.05, 0.1) is 18.3 Å². The van der Waals surface area contributed by atoms with Crippen molar-refractivity contribution in [3.05, 3.63) is 77.7 Å². The maximum atomic E-state index is 14.6. The van der Waals surface area contributed by atoms with Gasteiger partial charge >= 0.3 is 11.9 Å². The van der Waals surface area contributed by atoms with Crippen LogP contribution in [0.2, 0.25) is 0 Å². The minimum absolute atomic E-state index is 0. The Bertz CT molecular complexity index is 2250. The molecule has 2 N–H and O–H groups in total. The van der Waals surface area contributed by atoms with Crippen molar-refractivity contribution in [1.29, 1.82) is 0 Å². The highest BCUT2D eigenvalue weighted by atomic mass is 79.9. The second-order valence-electron chi connectivity index (χ2n) is 22.1. The number of amides is 1. The number of nitrogens with zero attached hydrogens (tertiary/aromatic N) is 2. The Balaban J connectivity index is 0.0000125. The molecule has 2 bridgehead atoms. The molecule has 1 aliphatic carbocycles. The number of allylic oxidation sites excluding steroid dienone is 6. The number of cyclic esters (lactones) is 1. The lowest BCUT2D eigenvalue weighted by Crippen LogP contribution is -3.00. The highest BCUT2D eigenvalue weighted by Gasteiger charge is 2.53. The zero-order chi connectivity index (χ0) is 55.1. The van der Waals surface area contributed by atoms with Crippen molar-refractivity contribution in [1.82, 2.24) is 4.90 Å². The van der Waals surface area contributed by atoms with Gasteiger partial charge in [-0.3, -0.25) is 19.2 Å². The molecule has 0 aromatic carbocycles. The number of esters is 2. The highest BCUT2D eigenvalue weighted by molar-refractivity contribution is 6.39. The molecule has 2 saturated heterocycles. The van der Waals surface area contributed by atoms with Crippen LogP contribution in [-0.2, 0) is 63.7 Å². The number of halogens is 1. The van der Waals surface area contributed by atoms with Crippen LogP contribution in [0.1, 0.15) is 131 Å². The minimum atomic E-state index is -2.45. The van der Waals surface area contributed by atoms with Gasteiger partial charge < -0.3 is 60.5 Å². The summed E-state index contributed by atoms with van der Waals surface area (Å²) in [5.74, 6) is -8.66. The minimum Gasteiger partial charge on any atom is -1.00 e. The van der Waals surface area contributed by atoms with Gasteiger partial charge in [-0.2, -0.15) is 4.57 Å². The predicted molar refractivity (Wildman–Crippen MR) is 280 cm³/mol. The van der Waals surface area contributed by atoms with E-state index in [1.165, 1.54) is 12.0 Å². The first kappa shape index (κ1) is 64.3. The Morgan fingerprint density at radius 1 is 0.855 bits per heavy atom. The average Bonchev–Trinajstić information content (AvgIpc) is 3.38. The number of aliphatic hydroxyl groups is 2. The number of aryl methyl sites for hydroxylation is 1. The van der Waals surface area contributed by atoms with E-state index in [9.17, 15) is 39.0 Å². The fourth-order valence-corrected chi connectivity index (χ4v) is 11.2. The summed E-state index contributed by atoms with van der Waals surface area (Å²) in [5, 5.41) is 23.6. The number of piperidine rings is 1. The van der Waals surface area contributed by atoms with E-state index in [1.54, 1.807) is 45.6 Å². The summed E-state index contributed by atoms with van der Waals surface area (Å²) in [6.07, 6.45) is 14.5. The molecule has 0 spiro atoms. The molecule has 3 fully saturated rings. The molecule has 0 unspecified atom stereocenters. The summed E-state index contributed by atoms with van der Waals surface area (Å²) in [5.41, 5.74) is 2.32. The standard InChI is InChI=1S/C59H87N2O14.BrH/c1-36-24-27-60(28-25-36)35-52(63)73-48-23-21-44(32-51(48)71-10)31-40(5)50-34-47(62)39(4)30-42(7)54(65)55(72-11)53(64)41(6)29-37(2)17-13-12-14-18-38(3)49(70-9)33-45-22-20-43(8)59(69,75-45)56(66)57(67)61-26-16-15-19-46(61)58(68)74-50;/h12-14,17-18,24-25,27-28,30,37,39-41,43-46,48-51,54-55,65,69H,15-16,19-23,26,29,31-35H2,1-11H3;1H/q+1;/p-1/b14-12+,17-13+,38-18+,42-30+;/t37-,39-,40-,41-,43-,44+,45+,46+,48-,49+,50+,51-,54-,55+,59-;/m1./s1. The van der Waals surface area contributed by atoms with Gasteiger partial charge in [0.2, 0.25) is 12.3 Å². The van der Waals surface area contributed by atoms with Gasteiger partial charge in [-0.05, 0) is 119 Å². The topological polar surface area (TPSA) is 205 Å². The van der Waals surface area contributed by atoms with Crippen LogP contribution in [0.15, 0.2) is 72.1 Å². The average molecular weight is 1130 g/mol. The molecular weight excluding hydrogens is 1040 g/mol. The van der Waals surface area contributed by atoms with E-state index in [1.807, 2.05) is 89.5 Å². The third-order valence-electron chi connectivity index (χ3n) is 16.1. The number of ketones is 3. The van der Waals surface area contributed by atoms with E-state index >= 15 is 0 Å². The van der Waals surface area contributed by atoms with E-state index < -0.39 is 95.9 Å². The van der Waals surface area contributed by atoms with Crippen molar-refractivity contribution in [3.8, 4) is 0 Å². The van der Waals surface area contributed by atoms with Gasteiger partial charge in [-0.25, -0.2) is 9.59 Å². The maximum absolute atomic E-state index is 14.6. The first-order valence-corrected chi connectivity index (χ1v) is 27.2. The summed E-state index contributed by atoms with van der Waals surface area (Å²) in [7, 11) is 4.54. The fraction of sp³-hybridized carbons (Fsp3) is 0.678. The van der Waals surface area contributed by atoms with Gasteiger partial charge in [0.25, 0.3) is 11.7 Å². The van der Waals surface area contributed by atoms with Crippen LogP contribution in [0.3, 0.4) is 0 Å². The summed E-state index contributed by atoms with van der Waals surface area (Å²) in [4.78, 5) is 85.7. The lowest BCUT2D eigenvalue weighted by Gasteiger charge is -2.42.